The Bertz CT molecular complexity index is 553. The summed E-state index contributed by atoms with van der Waals surface area (Å²) in [6, 6.07) is 9.05. The van der Waals surface area contributed by atoms with Crippen LogP contribution in [-0.2, 0) is 20.9 Å². The third-order valence-corrected chi connectivity index (χ3v) is 2.52. The molecule has 1 amide bonds. The summed E-state index contributed by atoms with van der Waals surface area (Å²) in [6.45, 7) is 5.69. The molecule has 5 heteroatoms. The normalized spacial score (nSPS) is 10.6. The second-order valence-electron chi connectivity index (χ2n) is 5.68. The third-order valence-electron chi connectivity index (χ3n) is 2.52. The van der Waals surface area contributed by atoms with Crippen LogP contribution in [0, 0.1) is 11.3 Å². The van der Waals surface area contributed by atoms with Gasteiger partial charge in [0, 0.05) is 13.0 Å². The van der Waals surface area contributed by atoms with E-state index in [9.17, 15) is 9.59 Å². The lowest BCUT2D eigenvalue weighted by molar-refractivity contribution is -0.155. The zero-order valence-corrected chi connectivity index (χ0v) is 12.6. The van der Waals surface area contributed by atoms with Crippen molar-refractivity contribution in [2.75, 3.05) is 0 Å². The van der Waals surface area contributed by atoms with Gasteiger partial charge in [-0.2, -0.15) is 5.26 Å². The lowest BCUT2D eigenvalue weighted by atomic mass is 10.1. The molecular formula is C16H20N2O3. The van der Waals surface area contributed by atoms with Crippen molar-refractivity contribution in [3.63, 3.8) is 0 Å². The Balaban J connectivity index is 2.34. The fourth-order valence-electron chi connectivity index (χ4n) is 1.65. The predicted octanol–water partition coefficient (Wildman–Crippen LogP) is 2.30. The van der Waals surface area contributed by atoms with E-state index < -0.39 is 5.60 Å². The molecule has 0 heterocycles. The lowest BCUT2D eigenvalue weighted by Gasteiger charge is -2.19. The van der Waals surface area contributed by atoms with E-state index in [0.717, 1.165) is 5.56 Å². The molecular weight excluding hydrogens is 268 g/mol. The maximum atomic E-state index is 11.7. The summed E-state index contributed by atoms with van der Waals surface area (Å²) in [6.07, 6.45) is 0.147. The number of esters is 1. The number of benzene rings is 1. The van der Waals surface area contributed by atoms with Crippen molar-refractivity contribution in [1.82, 2.24) is 5.32 Å². The molecule has 0 unspecified atom stereocenters. The van der Waals surface area contributed by atoms with Gasteiger partial charge >= 0.3 is 5.97 Å². The summed E-state index contributed by atoms with van der Waals surface area (Å²) in [4.78, 5) is 23.1. The highest BCUT2D eigenvalue weighted by Gasteiger charge is 2.16. The van der Waals surface area contributed by atoms with E-state index in [0.29, 0.717) is 12.1 Å². The Kier molecular flexibility index (Phi) is 5.92. The standard InChI is InChI=1S/C16H20N2O3/c1-16(2,3)21-15(20)8-7-14(19)18-11-13-6-4-5-12(9-13)10-17/h4-6,9H,7-8,11H2,1-3H3,(H,18,19). The first-order valence-corrected chi connectivity index (χ1v) is 6.78. The van der Waals surface area contributed by atoms with Crippen molar-refractivity contribution in [3.8, 4) is 6.07 Å². The second kappa shape index (κ2) is 7.44. The molecule has 1 aromatic rings. The number of nitriles is 1. The number of nitrogens with one attached hydrogen (secondary N) is 1. The highest BCUT2D eigenvalue weighted by atomic mass is 16.6. The smallest absolute Gasteiger partial charge is 0.306 e. The summed E-state index contributed by atoms with van der Waals surface area (Å²) < 4.78 is 5.13. The first kappa shape index (κ1) is 16.7. The molecule has 1 aromatic carbocycles. The minimum atomic E-state index is -0.536. The van der Waals surface area contributed by atoms with E-state index in [1.807, 2.05) is 12.1 Å². The number of amides is 1. The van der Waals surface area contributed by atoms with Crippen LogP contribution in [0.5, 0.6) is 0 Å². The average Bonchev–Trinajstić information content (AvgIpc) is 2.41. The molecule has 0 atom stereocenters. The van der Waals surface area contributed by atoms with Crippen molar-refractivity contribution in [3.05, 3.63) is 35.4 Å². The van der Waals surface area contributed by atoms with Crippen LogP contribution in [0.3, 0.4) is 0 Å². The van der Waals surface area contributed by atoms with Crippen LogP contribution in [0.4, 0.5) is 0 Å². The molecule has 1 N–H and O–H groups in total. The number of ether oxygens (including phenoxy) is 1. The van der Waals surface area contributed by atoms with E-state index in [4.69, 9.17) is 10.00 Å². The van der Waals surface area contributed by atoms with Gasteiger partial charge in [0.15, 0.2) is 0 Å². The van der Waals surface area contributed by atoms with Gasteiger partial charge in [0.25, 0.3) is 0 Å². The number of carbonyl (C=O) groups is 2. The van der Waals surface area contributed by atoms with Crippen molar-refractivity contribution >= 4 is 11.9 Å². The fourth-order valence-corrected chi connectivity index (χ4v) is 1.65. The summed E-state index contributed by atoms with van der Waals surface area (Å²) >= 11 is 0. The van der Waals surface area contributed by atoms with Crippen LogP contribution in [0.2, 0.25) is 0 Å². The number of nitrogens with zero attached hydrogens (tertiary/aromatic N) is 1. The van der Waals surface area contributed by atoms with Gasteiger partial charge in [0.2, 0.25) is 5.91 Å². The quantitative estimate of drug-likeness (QED) is 0.843. The molecule has 0 aliphatic heterocycles. The number of hydrogen-bond acceptors (Lipinski definition) is 4. The first-order valence-electron chi connectivity index (χ1n) is 6.78. The van der Waals surface area contributed by atoms with Crippen LogP contribution in [0.25, 0.3) is 0 Å². The largest absolute Gasteiger partial charge is 0.460 e. The molecule has 1 rings (SSSR count). The van der Waals surface area contributed by atoms with Gasteiger partial charge in [-0.25, -0.2) is 0 Å². The molecule has 21 heavy (non-hydrogen) atoms. The Morgan fingerprint density at radius 1 is 1.29 bits per heavy atom. The van der Waals surface area contributed by atoms with Crippen molar-refractivity contribution in [1.29, 1.82) is 5.26 Å². The van der Waals surface area contributed by atoms with Gasteiger partial charge in [-0.1, -0.05) is 12.1 Å². The van der Waals surface area contributed by atoms with Gasteiger partial charge in [-0.3, -0.25) is 9.59 Å². The van der Waals surface area contributed by atoms with Crippen molar-refractivity contribution < 1.29 is 14.3 Å². The van der Waals surface area contributed by atoms with E-state index >= 15 is 0 Å². The topological polar surface area (TPSA) is 79.2 Å². The van der Waals surface area contributed by atoms with Crippen LogP contribution in [0.15, 0.2) is 24.3 Å². The predicted molar refractivity (Wildman–Crippen MR) is 78.1 cm³/mol. The maximum Gasteiger partial charge on any atom is 0.306 e. The molecule has 0 saturated heterocycles. The van der Waals surface area contributed by atoms with Gasteiger partial charge in [-0.15, -0.1) is 0 Å². The van der Waals surface area contributed by atoms with Crippen molar-refractivity contribution in [2.45, 2.75) is 45.8 Å². The summed E-state index contributed by atoms with van der Waals surface area (Å²) in [5, 5.41) is 11.5. The van der Waals surface area contributed by atoms with Gasteiger partial charge in [0.1, 0.15) is 5.60 Å². The fraction of sp³-hybridized carbons (Fsp3) is 0.438. The Morgan fingerprint density at radius 2 is 2.00 bits per heavy atom. The molecule has 0 aromatic heterocycles. The Labute approximate surface area is 124 Å². The first-order chi connectivity index (χ1) is 9.80. The SMILES string of the molecule is CC(C)(C)OC(=O)CCC(=O)NCc1cccc(C#N)c1. The van der Waals surface area contributed by atoms with E-state index in [1.54, 1.807) is 39.0 Å². The van der Waals surface area contributed by atoms with E-state index in [2.05, 4.69) is 5.32 Å². The van der Waals surface area contributed by atoms with E-state index in [-0.39, 0.29) is 24.7 Å². The average molecular weight is 288 g/mol. The molecule has 0 radical (unpaired) electrons. The zero-order chi connectivity index (χ0) is 15.9. The lowest BCUT2D eigenvalue weighted by Crippen LogP contribution is -2.27. The highest BCUT2D eigenvalue weighted by Crippen LogP contribution is 2.09. The summed E-state index contributed by atoms with van der Waals surface area (Å²) in [5.74, 6) is -0.604. The van der Waals surface area contributed by atoms with Crippen molar-refractivity contribution in [2.24, 2.45) is 0 Å². The second-order valence-corrected chi connectivity index (χ2v) is 5.68. The van der Waals surface area contributed by atoms with Crippen LogP contribution in [-0.4, -0.2) is 17.5 Å². The zero-order valence-electron chi connectivity index (χ0n) is 12.6. The van der Waals surface area contributed by atoms with Gasteiger partial charge in [0.05, 0.1) is 18.1 Å². The Morgan fingerprint density at radius 3 is 2.62 bits per heavy atom. The molecule has 112 valence electrons. The summed E-state index contributed by atoms with van der Waals surface area (Å²) in [5.41, 5.74) is 0.862. The molecule has 0 bridgehead atoms. The maximum absolute atomic E-state index is 11.7. The van der Waals surface area contributed by atoms with Gasteiger partial charge in [-0.05, 0) is 38.5 Å². The number of hydrogen-bond donors (Lipinski definition) is 1. The number of rotatable bonds is 5. The van der Waals surface area contributed by atoms with E-state index in [1.165, 1.54) is 0 Å². The Hall–Kier alpha value is -2.35. The molecule has 0 spiro atoms. The number of carbonyl (C=O) groups excluding carboxylic acids is 2. The van der Waals surface area contributed by atoms with Crippen LogP contribution >= 0.6 is 0 Å². The third kappa shape index (κ3) is 7.11. The molecule has 5 nitrogen and oxygen atoms in total. The van der Waals surface area contributed by atoms with Crippen LogP contribution < -0.4 is 5.32 Å². The van der Waals surface area contributed by atoms with Crippen LogP contribution in [0.1, 0.15) is 44.7 Å². The molecule has 0 saturated carbocycles. The summed E-state index contributed by atoms with van der Waals surface area (Å²) in [7, 11) is 0. The highest BCUT2D eigenvalue weighted by molar-refractivity contribution is 5.81. The van der Waals surface area contributed by atoms with Gasteiger partial charge < -0.3 is 10.1 Å². The molecule has 0 aliphatic rings. The minimum Gasteiger partial charge on any atom is -0.460 e. The molecule has 0 fully saturated rings. The monoisotopic (exact) mass is 288 g/mol. The molecule has 0 aliphatic carbocycles. The minimum absolute atomic E-state index is 0.0569.